The van der Waals surface area contributed by atoms with Crippen molar-refractivity contribution in [3.8, 4) is 11.6 Å². The van der Waals surface area contributed by atoms with Gasteiger partial charge in [-0.05, 0) is 12.1 Å². The van der Waals surface area contributed by atoms with Crippen LogP contribution in [-0.4, -0.2) is 19.6 Å². The van der Waals surface area contributed by atoms with Gasteiger partial charge in [-0.3, -0.25) is 4.40 Å². The van der Waals surface area contributed by atoms with Crippen LogP contribution in [0.4, 0.5) is 0 Å². The number of nitrogens with zero attached hydrogens (tertiary/aromatic N) is 2. The molecule has 2 rings (SSSR count). The van der Waals surface area contributed by atoms with Gasteiger partial charge in [0.15, 0.2) is 11.4 Å². The highest BCUT2D eigenvalue weighted by molar-refractivity contribution is 5.54. The molecule has 56 valence electrons. The van der Waals surface area contributed by atoms with Crippen LogP contribution in [0.2, 0.25) is 0 Å². The van der Waals surface area contributed by atoms with Gasteiger partial charge in [-0.1, -0.05) is 0 Å². The molecule has 0 spiro atoms. The number of aromatic nitrogens is 2. The molecule has 2 aromatic heterocycles. The highest BCUT2D eigenvalue weighted by Crippen LogP contribution is 2.19. The van der Waals surface area contributed by atoms with Gasteiger partial charge in [0.2, 0.25) is 5.88 Å². The second kappa shape index (κ2) is 1.88. The Bertz CT molecular complexity index is 394. The molecule has 0 radical (unpaired) electrons. The van der Waals surface area contributed by atoms with Crippen molar-refractivity contribution in [3.63, 3.8) is 0 Å². The highest BCUT2D eigenvalue weighted by atomic mass is 16.3. The second-order valence-electron chi connectivity index (χ2n) is 2.20. The summed E-state index contributed by atoms with van der Waals surface area (Å²) in [4.78, 5) is 3.78. The Labute approximate surface area is 62.4 Å². The fourth-order valence-electron chi connectivity index (χ4n) is 0.983. The minimum Gasteiger partial charge on any atom is -0.504 e. The predicted molar refractivity (Wildman–Crippen MR) is 38.5 cm³/mol. The van der Waals surface area contributed by atoms with Crippen LogP contribution >= 0.6 is 0 Å². The summed E-state index contributed by atoms with van der Waals surface area (Å²) in [5.41, 5.74) is 0.366. The Morgan fingerprint density at radius 3 is 2.91 bits per heavy atom. The van der Waals surface area contributed by atoms with Crippen molar-refractivity contribution in [2.45, 2.75) is 0 Å². The van der Waals surface area contributed by atoms with E-state index < -0.39 is 0 Å². The lowest BCUT2D eigenvalue weighted by molar-refractivity contribution is 0.444. The number of hydrogen-bond acceptors (Lipinski definition) is 3. The minimum atomic E-state index is 0.0240. The van der Waals surface area contributed by atoms with E-state index in [4.69, 9.17) is 5.11 Å². The standard InChI is InChI=1S/C7H6N2O2/c10-5-2-1-3-9-6(11)4-8-7(5)9/h1-4,10-11H. The number of hydrogen-bond donors (Lipinski definition) is 2. The maximum atomic E-state index is 9.19. The van der Waals surface area contributed by atoms with Gasteiger partial charge in [0, 0.05) is 6.20 Å². The first-order valence-electron chi connectivity index (χ1n) is 3.13. The average Bonchev–Trinajstić information content (AvgIpc) is 2.35. The Hall–Kier alpha value is -1.71. The molecule has 2 N–H and O–H groups in total. The predicted octanol–water partition coefficient (Wildman–Crippen LogP) is 0.745. The van der Waals surface area contributed by atoms with E-state index in [1.807, 2.05) is 0 Å². The van der Waals surface area contributed by atoms with Crippen molar-refractivity contribution in [1.82, 2.24) is 9.38 Å². The molecule has 4 nitrogen and oxygen atoms in total. The van der Waals surface area contributed by atoms with E-state index in [9.17, 15) is 5.11 Å². The first-order chi connectivity index (χ1) is 5.29. The van der Waals surface area contributed by atoms with Gasteiger partial charge in [-0.15, -0.1) is 0 Å². The molecular formula is C7H6N2O2. The van der Waals surface area contributed by atoms with Crippen molar-refractivity contribution in [2.24, 2.45) is 0 Å². The summed E-state index contributed by atoms with van der Waals surface area (Å²) >= 11 is 0. The van der Waals surface area contributed by atoms with Gasteiger partial charge >= 0.3 is 0 Å². The van der Waals surface area contributed by atoms with E-state index in [0.717, 1.165) is 0 Å². The van der Waals surface area contributed by atoms with Gasteiger partial charge in [0.25, 0.3) is 0 Å². The molecular weight excluding hydrogens is 144 g/mol. The zero-order valence-electron chi connectivity index (χ0n) is 5.60. The molecule has 0 saturated heterocycles. The van der Waals surface area contributed by atoms with Crippen LogP contribution in [0.3, 0.4) is 0 Å². The molecule has 4 heteroatoms. The van der Waals surface area contributed by atoms with Crippen LogP contribution in [0, 0.1) is 0 Å². The second-order valence-corrected chi connectivity index (χ2v) is 2.20. The molecule has 0 saturated carbocycles. The van der Waals surface area contributed by atoms with Gasteiger partial charge in [0.1, 0.15) is 0 Å². The summed E-state index contributed by atoms with van der Waals surface area (Å²) in [5.74, 6) is 0.0868. The fraction of sp³-hybridized carbons (Fsp3) is 0. The van der Waals surface area contributed by atoms with Crippen molar-refractivity contribution in [2.75, 3.05) is 0 Å². The number of rotatable bonds is 0. The largest absolute Gasteiger partial charge is 0.504 e. The minimum absolute atomic E-state index is 0.0240. The van der Waals surface area contributed by atoms with Crippen molar-refractivity contribution >= 4 is 5.65 Å². The highest BCUT2D eigenvalue weighted by Gasteiger charge is 2.02. The summed E-state index contributed by atoms with van der Waals surface area (Å²) < 4.78 is 1.40. The number of imidazole rings is 1. The van der Waals surface area contributed by atoms with Gasteiger partial charge < -0.3 is 10.2 Å². The van der Waals surface area contributed by atoms with Crippen LogP contribution in [0.5, 0.6) is 11.6 Å². The average molecular weight is 150 g/mol. The van der Waals surface area contributed by atoms with Crippen molar-refractivity contribution in [1.29, 1.82) is 0 Å². The van der Waals surface area contributed by atoms with Crippen molar-refractivity contribution in [3.05, 3.63) is 24.5 Å². The number of fused-ring (bicyclic) bond motifs is 1. The van der Waals surface area contributed by atoms with E-state index in [2.05, 4.69) is 4.98 Å². The van der Waals surface area contributed by atoms with Gasteiger partial charge in [0.05, 0.1) is 6.20 Å². The molecule has 0 fully saturated rings. The van der Waals surface area contributed by atoms with Crippen molar-refractivity contribution < 1.29 is 10.2 Å². The normalized spacial score (nSPS) is 10.5. The lowest BCUT2D eigenvalue weighted by Crippen LogP contribution is -1.81. The molecule has 2 heterocycles. The van der Waals surface area contributed by atoms with Crippen LogP contribution in [-0.2, 0) is 0 Å². The molecule has 0 aliphatic carbocycles. The summed E-state index contributed by atoms with van der Waals surface area (Å²) in [6.07, 6.45) is 2.91. The monoisotopic (exact) mass is 150 g/mol. The molecule has 0 aliphatic heterocycles. The third-order valence-electron chi connectivity index (χ3n) is 1.50. The van der Waals surface area contributed by atoms with E-state index in [-0.39, 0.29) is 11.6 Å². The Balaban J connectivity index is 2.94. The molecule has 0 atom stereocenters. The van der Waals surface area contributed by atoms with Gasteiger partial charge in [-0.25, -0.2) is 4.98 Å². The van der Waals surface area contributed by atoms with E-state index in [1.165, 1.54) is 16.7 Å². The molecule has 0 aromatic carbocycles. The topological polar surface area (TPSA) is 57.8 Å². The lowest BCUT2D eigenvalue weighted by Gasteiger charge is -1.94. The number of aromatic hydroxyl groups is 2. The quantitative estimate of drug-likeness (QED) is 0.582. The molecule has 0 amide bonds. The third kappa shape index (κ3) is 0.724. The SMILES string of the molecule is Oc1cccn2c(O)cnc12. The summed E-state index contributed by atoms with van der Waals surface area (Å²) in [6.45, 7) is 0. The van der Waals surface area contributed by atoms with E-state index >= 15 is 0 Å². The lowest BCUT2D eigenvalue weighted by atomic mass is 10.4. The van der Waals surface area contributed by atoms with Gasteiger partial charge in [-0.2, -0.15) is 0 Å². The smallest absolute Gasteiger partial charge is 0.215 e. The van der Waals surface area contributed by atoms with E-state index in [0.29, 0.717) is 5.65 Å². The Morgan fingerprint density at radius 1 is 1.36 bits per heavy atom. The van der Waals surface area contributed by atoms with Crippen LogP contribution in [0.15, 0.2) is 24.5 Å². The zero-order valence-corrected chi connectivity index (χ0v) is 5.60. The first-order valence-corrected chi connectivity index (χ1v) is 3.13. The van der Waals surface area contributed by atoms with E-state index in [1.54, 1.807) is 12.3 Å². The Morgan fingerprint density at radius 2 is 2.18 bits per heavy atom. The maximum Gasteiger partial charge on any atom is 0.215 e. The maximum absolute atomic E-state index is 9.19. The molecule has 11 heavy (non-hydrogen) atoms. The van der Waals surface area contributed by atoms with Crippen LogP contribution in [0.1, 0.15) is 0 Å². The Kier molecular flexibility index (Phi) is 1.03. The molecule has 0 aliphatic rings. The summed E-state index contributed by atoms with van der Waals surface area (Å²) in [5, 5.41) is 18.3. The molecule has 0 unspecified atom stereocenters. The molecule has 0 bridgehead atoms. The van der Waals surface area contributed by atoms with Crippen LogP contribution in [0.25, 0.3) is 5.65 Å². The third-order valence-corrected chi connectivity index (χ3v) is 1.50. The first kappa shape index (κ1) is 6.03. The fourth-order valence-corrected chi connectivity index (χ4v) is 0.983. The molecule has 2 aromatic rings. The zero-order chi connectivity index (χ0) is 7.84. The number of pyridine rings is 1. The van der Waals surface area contributed by atoms with Crippen LogP contribution < -0.4 is 0 Å². The summed E-state index contributed by atoms with van der Waals surface area (Å²) in [6, 6.07) is 3.14. The summed E-state index contributed by atoms with van der Waals surface area (Å²) in [7, 11) is 0.